The van der Waals surface area contributed by atoms with Crippen LogP contribution < -0.4 is 5.32 Å². The van der Waals surface area contributed by atoms with Crippen molar-refractivity contribution in [2.45, 2.75) is 64.8 Å². The quantitative estimate of drug-likeness (QED) is 0.389. The molecule has 0 spiro atoms. The van der Waals surface area contributed by atoms with Crippen LogP contribution in [-0.4, -0.2) is 41.7 Å². The molecule has 2 heterocycles. The van der Waals surface area contributed by atoms with Crippen LogP contribution in [0, 0.1) is 5.92 Å². The van der Waals surface area contributed by atoms with Crippen LogP contribution in [0.4, 0.5) is 0 Å². The Morgan fingerprint density at radius 3 is 2.31 bits per heavy atom. The topological polar surface area (TPSA) is 71.0 Å². The van der Waals surface area contributed by atoms with Crippen LogP contribution in [0.3, 0.4) is 0 Å². The maximum absolute atomic E-state index is 11.5. The second-order valence-electron chi connectivity index (χ2n) is 10.9. The predicted octanol–water partition coefficient (Wildman–Crippen LogP) is 5.76. The number of hydrogen-bond acceptors (Lipinski definition) is 5. The Morgan fingerprint density at radius 1 is 0.923 bits per heavy atom. The van der Waals surface area contributed by atoms with Gasteiger partial charge in [0.25, 0.3) is 0 Å². The van der Waals surface area contributed by atoms with Gasteiger partial charge in [-0.05, 0) is 53.7 Å². The van der Waals surface area contributed by atoms with E-state index in [4.69, 9.17) is 9.47 Å². The first-order valence-electron chi connectivity index (χ1n) is 14.2. The second-order valence-corrected chi connectivity index (χ2v) is 10.9. The summed E-state index contributed by atoms with van der Waals surface area (Å²) in [7, 11) is 0. The van der Waals surface area contributed by atoms with Crippen LogP contribution in [0.2, 0.25) is 0 Å². The number of nitrogens with zero attached hydrogens (tertiary/aromatic N) is 1. The molecular formula is C33H40N2O4. The van der Waals surface area contributed by atoms with E-state index in [9.17, 15) is 9.90 Å². The summed E-state index contributed by atoms with van der Waals surface area (Å²) < 4.78 is 13.3. The van der Waals surface area contributed by atoms with Crippen LogP contribution in [0.25, 0.3) is 11.1 Å². The number of piperidine rings is 1. The Hall–Kier alpha value is -3.03. The van der Waals surface area contributed by atoms with Gasteiger partial charge in [-0.1, -0.05) is 86.1 Å². The van der Waals surface area contributed by atoms with Gasteiger partial charge in [0.1, 0.15) is 0 Å². The van der Waals surface area contributed by atoms with Gasteiger partial charge in [-0.25, -0.2) is 0 Å². The highest BCUT2D eigenvalue weighted by Gasteiger charge is 2.39. The van der Waals surface area contributed by atoms with E-state index < -0.39 is 6.29 Å². The first-order valence-corrected chi connectivity index (χ1v) is 14.2. The molecule has 2 saturated heterocycles. The van der Waals surface area contributed by atoms with Crippen molar-refractivity contribution in [3.05, 3.63) is 95.1 Å². The SMILES string of the molecule is CC(=O)NCc1ccccc1-c1ccc([C@H]2O[C@@H](CN3CCCCC3)[C@@H](C)[C@@H](c3ccc(CO)cc3)O2)cc1. The molecule has 5 rings (SSSR count). The molecular weight excluding hydrogens is 488 g/mol. The molecule has 2 aliphatic rings. The number of aliphatic hydroxyl groups is 1. The van der Waals surface area contributed by atoms with Crippen LogP contribution >= 0.6 is 0 Å². The van der Waals surface area contributed by atoms with E-state index >= 15 is 0 Å². The van der Waals surface area contributed by atoms with Crippen molar-refractivity contribution in [1.82, 2.24) is 10.2 Å². The molecule has 2 aliphatic heterocycles. The third kappa shape index (κ3) is 6.76. The number of hydrogen-bond donors (Lipinski definition) is 2. The smallest absolute Gasteiger partial charge is 0.217 e. The Labute approximate surface area is 232 Å². The summed E-state index contributed by atoms with van der Waals surface area (Å²) in [6.45, 7) is 7.45. The van der Waals surface area contributed by atoms with Gasteiger partial charge in [0, 0.05) is 31.5 Å². The van der Waals surface area contributed by atoms with Crippen LogP contribution in [-0.2, 0) is 27.4 Å². The van der Waals surface area contributed by atoms with Crippen molar-refractivity contribution in [1.29, 1.82) is 0 Å². The normalized spacial score (nSPS) is 23.9. The number of likely N-dealkylation sites (tertiary alicyclic amines) is 1. The lowest BCUT2D eigenvalue weighted by atomic mass is 9.89. The first kappa shape index (κ1) is 27.5. The second kappa shape index (κ2) is 12.9. The Balaban J connectivity index is 1.39. The number of nitrogens with one attached hydrogen (secondary N) is 1. The van der Waals surface area contributed by atoms with Gasteiger partial charge in [0.2, 0.25) is 5.91 Å². The fourth-order valence-corrected chi connectivity index (χ4v) is 5.72. The van der Waals surface area contributed by atoms with Crippen LogP contribution in [0.1, 0.15) is 67.8 Å². The summed E-state index contributed by atoms with van der Waals surface area (Å²) in [5, 5.41) is 12.4. The predicted molar refractivity (Wildman–Crippen MR) is 153 cm³/mol. The van der Waals surface area contributed by atoms with E-state index in [1.807, 2.05) is 30.3 Å². The zero-order valence-corrected chi connectivity index (χ0v) is 23.0. The lowest BCUT2D eigenvalue weighted by Gasteiger charge is -2.43. The summed E-state index contributed by atoms with van der Waals surface area (Å²) in [5.41, 5.74) is 6.26. The van der Waals surface area contributed by atoms with E-state index in [-0.39, 0.29) is 30.6 Å². The number of carbonyl (C=O) groups is 1. The average Bonchev–Trinajstić information content (AvgIpc) is 2.98. The van der Waals surface area contributed by atoms with Crippen LogP contribution in [0.5, 0.6) is 0 Å². The molecule has 4 atom stereocenters. The molecule has 3 aromatic rings. The number of rotatable bonds is 8. The molecule has 2 fully saturated rings. The Bertz CT molecular complexity index is 1220. The minimum absolute atomic E-state index is 0.0327. The number of amides is 1. The summed E-state index contributed by atoms with van der Waals surface area (Å²) in [4.78, 5) is 14.0. The van der Waals surface area contributed by atoms with Crippen molar-refractivity contribution < 1.29 is 19.4 Å². The summed E-state index contributed by atoms with van der Waals surface area (Å²) in [6, 6.07) is 24.6. The minimum atomic E-state index is -0.470. The van der Waals surface area contributed by atoms with Gasteiger partial charge in [-0.15, -0.1) is 0 Å². The van der Waals surface area contributed by atoms with Crippen molar-refractivity contribution in [2.24, 2.45) is 5.92 Å². The summed E-state index contributed by atoms with van der Waals surface area (Å²) in [6.07, 6.45) is 3.27. The largest absolute Gasteiger partial charge is 0.392 e. The minimum Gasteiger partial charge on any atom is -0.392 e. The van der Waals surface area contributed by atoms with Gasteiger partial charge < -0.3 is 24.8 Å². The number of ether oxygens (including phenoxy) is 2. The van der Waals surface area contributed by atoms with E-state index in [1.165, 1.54) is 26.2 Å². The molecule has 0 unspecified atom stereocenters. The van der Waals surface area contributed by atoms with Crippen LogP contribution in [0.15, 0.2) is 72.8 Å². The van der Waals surface area contributed by atoms with E-state index in [0.717, 1.165) is 53.0 Å². The molecule has 0 bridgehead atoms. The first-order chi connectivity index (χ1) is 19.0. The molecule has 2 N–H and O–H groups in total. The van der Waals surface area contributed by atoms with Gasteiger partial charge in [-0.3, -0.25) is 4.79 Å². The monoisotopic (exact) mass is 528 g/mol. The van der Waals surface area contributed by atoms with Crippen molar-refractivity contribution >= 4 is 5.91 Å². The average molecular weight is 529 g/mol. The molecule has 0 aliphatic carbocycles. The van der Waals surface area contributed by atoms with Gasteiger partial charge in [0.15, 0.2) is 6.29 Å². The van der Waals surface area contributed by atoms with Crippen molar-refractivity contribution in [3.63, 3.8) is 0 Å². The van der Waals surface area contributed by atoms with Gasteiger partial charge in [-0.2, -0.15) is 0 Å². The van der Waals surface area contributed by atoms with Gasteiger partial charge in [0.05, 0.1) is 18.8 Å². The molecule has 206 valence electrons. The highest BCUT2D eigenvalue weighted by atomic mass is 16.7. The standard InChI is InChI=1S/C33H40N2O4/c1-23-31(21-35-18-6-3-7-19-35)38-33(39-32(23)27-12-10-25(22-36)11-13-27)28-16-14-26(15-17-28)30-9-5-4-8-29(30)20-34-24(2)37/h4-5,8-17,23,31-33,36H,3,6-7,18-22H2,1-2H3,(H,34,37)/t23-,31+,32+,33+/m1/s1. The maximum Gasteiger partial charge on any atom is 0.217 e. The Kier molecular flexibility index (Phi) is 9.09. The molecule has 6 heteroatoms. The van der Waals surface area contributed by atoms with Gasteiger partial charge >= 0.3 is 0 Å². The number of aliphatic hydroxyl groups excluding tert-OH is 1. The van der Waals surface area contributed by atoms with Crippen molar-refractivity contribution in [3.8, 4) is 11.1 Å². The van der Waals surface area contributed by atoms with Crippen molar-refractivity contribution in [2.75, 3.05) is 19.6 Å². The zero-order chi connectivity index (χ0) is 27.2. The highest BCUT2D eigenvalue weighted by molar-refractivity contribution is 5.74. The fraction of sp³-hybridized carbons (Fsp3) is 0.424. The van der Waals surface area contributed by atoms with E-state index in [1.54, 1.807) is 0 Å². The fourth-order valence-electron chi connectivity index (χ4n) is 5.72. The van der Waals surface area contributed by atoms with E-state index in [0.29, 0.717) is 6.54 Å². The summed E-state index contributed by atoms with van der Waals surface area (Å²) >= 11 is 0. The molecule has 39 heavy (non-hydrogen) atoms. The molecule has 6 nitrogen and oxygen atoms in total. The third-order valence-corrected chi connectivity index (χ3v) is 8.05. The summed E-state index contributed by atoms with van der Waals surface area (Å²) in [5.74, 6) is 0.142. The molecule has 0 aromatic heterocycles. The third-order valence-electron chi connectivity index (χ3n) is 8.05. The highest BCUT2D eigenvalue weighted by Crippen LogP contribution is 2.42. The number of carbonyl (C=O) groups excluding carboxylic acids is 1. The lowest BCUT2D eigenvalue weighted by molar-refractivity contribution is -0.276. The number of benzene rings is 3. The molecule has 1 amide bonds. The molecule has 0 radical (unpaired) electrons. The maximum atomic E-state index is 11.5. The van der Waals surface area contributed by atoms with E-state index in [2.05, 4.69) is 59.6 Å². The lowest BCUT2D eigenvalue weighted by Crippen LogP contribution is -2.45. The molecule has 3 aromatic carbocycles. The zero-order valence-electron chi connectivity index (χ0n) is 23.0. The molecule has 0 saturated carbocycles. The Morgan fingerprint density at radius 2 is 1.62 bits per heavy atom.